The van der Waals surface area contributed by atoms with Gasteiger partial charge in [-0.3, -0.25) is 0 Å². The van der Waals surface area contributed by atoms with Crippen molar-refractivity contribution in [3.05, 3.63) is 54.6 Å². The molecule has 0 spiro atoms. The second kappa shape index (κ2) is 5.97. The van der Waals surface area contributed by atoms with E-state index in [1.54, 1.807) is 7.11 Å². The number of hydrogen-bond acceptors (Lipinski definition) is 3. The highest BCUT2D eigenvalue weighted by Gasteiger charge is 2.25. The zero-order chi connectivity index (χ0) is 15.8. The molecule has 0 bridgehead atoms. The summed E-state index contributed by atoms with van der Waals surface area (Å²) in [6.07, 6.45) is 0. The van der Waals surface area contributed by atoms with Crippen molar-refractivity contribution in [2.45, 2.75) is 6.92 Å². The minimum atomic E-state index is -0.333. The van der Waals surface area contributed by atoms with Crippen LogP contribution in [0.15, 0.2) is 54.6 Å². The first kappa shape index (κ1) is 14.7. The summed E-state index contributed by atoms with van der Waals surface area (Å²) in [6.45, 7) is 2.62. The molecule has 0 saturated carbocycles. The summed E-state index contributed by atoms with van der Waals surface area (Å²) in [7, 11) is 1.37. The van der Waals surface area contributed by atoms with Crippen molar-refractivity contribution >= 4 is 54.9 Å². The standard InChI is InChI=1S/C19H17BO2S/c1-3-22-20(21-2)16-12-13-8-4-5-9-14(13)18-15-10-6-7-11-17(15)23-19(16)18/h4-12H,3H2,1-2H3. The van der Waals surface area contributed by atoms with Crippen molar-refractivity contribution in [3.63, 3.8) is 0 Å². The summed E-state index contributed by atoms with van der Waals surface area (Å²) in [5.41, 5.74) is 1.12. The SMILES string of the molecule is CCOB(OC)c1cc2ccccc2c2c1sc1ccccc12. The second-order valence-corrected chi connectivity index (χ2v) is 6.56. The molecule has 4 aromatic rings. The van der Waals surface area contributed by atoms with Crippen LogP contribution in [0, 0.1) is 0 Å². The van der Waals surface area contributed by atoms with E-state index in [4.69, 9.17) is 9.31 Å². The van der Waals surface area contributed by atoms with Gasteiger partial charge in [0.25, 0.3) is 0 Å². The summed E-state index contributed by atoms with van der Waals surface area (Å²) in [5.74, 6) is 0. The molecule has 0 fully saturated rings. The van der Waals surface area contributed by atoms with Crippen LogP contribution in [0.3, 0.4) is 0 Å². The van der Waals surface area contributed by atoms with E-state index in [-0.39, 0.29) is 7.12 Å². The number of thiophene rings is 1. The van der Waals surface area contributed by atoms with Gasteiger partial charge < -0.3 is 9.31 Å². The van der Waals surface area contributed by atoms with Gasteiger partial charge in [0.1, 0.15) is 0 Å². The molecule has 0 saturated heterocycles. The van der Waals surface area contributed by atoms with Gasteiger partial charge >= 0.3 is 7.12 Å². The fraction of sp³-hybridized carbons (Fsp3) is 0.158. The minimum absolute atomic E-state index is 0.333. The predicted molar refractivity (Wildman–Crippen MR) is 101 cm³/mol. The van der Waals surface area contributed by atoms with Crippen LogP contribution in [0.1, 0.15) is 6.92 Å². The number of hydrogen-bond donors (Lipinski definition) is 0. The lowest BCUT2D eigenvalue weighted by Gasteiger charge is -2.13. The largest absolute Gasteiger partial charge is 0.495 e. The van der Waals surface area contributed by atoms with E-state index >= 15 is 0 Å². The maximum absolute atomic E-state index is 5.81. The average molecular weight is 320 g/mol. The van der Waals surface area contributed by atoms with E-state index in [1.807, 2.05) is 18.3 Å². The Bertz CT molecular complexity index is 993. The Kier molecular flexibility index (Phi) is 3.81. The molecule has 1 heterocycles. The van der Waals surface area contributed by atoms with Crippen molar-refractivity contribution in [1.82, 2.24) is 0 Å². The van der Waals surface area contributed by atoms with Crippen LogP contribution < -0.4 is 5.46 Å². The zero-order valence-electron chi connectivity index (χ0n) is 13.2. The van der Waals surface area contributed by atoms with Gasteiger partial charge in [0, 0.05) is 39.4 Å². The summed E-state index contributed by atoms with van der Waals surface area (Å²) in [6, 6.07) is 19.3. The van der Waals surface area contributed by atoms with E-state index in [1.165, 1.54) is 30.9 Å². The highest BCUT2D eigenvalue weighted by molar-refractivity contribution is 7.27. The fourth-order valence-electron chi connectivity index (χ4n) is 3.21. The maximum atomic E-state index is 5.81. The van der Waals surface area contributed by atoms with Crippen molar-refractivity contribution < 1.29 is 9.31 Å². The molecule has 1 aromatic heterocycles. The van der Waals surface area contributed by atoms with Gasteiger partial charge in [0.2, 0.25) is 0 Å². The lowest BCUT2D eigenvalue weighted by molar-refractivity contribution is 0.254. The summed E-state index contributed by atoms with van der Waals surface area (Å²) < 4.78 is 14.0. The normalized spacial score (nSPS) is 11.6. The number of rotatable bonds is 4. The molecular weight excluding hydrogens is 303 g/mol. The highest BCUT2D eigenvalue weighted by atomic mass is 32.1. The molecule has 0 atom stereocenters. The monoisotopic (exact) mass is 320 g/mol. The van der Waals surface area contributed by atoms with Gasteiger partial charge in [-0.1, -0.05) is 48.5 Å². The lowest BCUT2D eigenvalue weighted by Crippen LogP contribution is -2.36. The number of fused-ring (bicyclic) bond motifs is 5. The van der Waals surface area contributed by atoms with E-state index in [0.717, 1.165) is 5.46 Å². The van der Waals surface area contributed by atoms with E-state index in [2.05, 4.69) is 54.6 Å². The molecule has 3 aromatic carbocycles. The topological polar surface area (TPSA) is 18.5 Å². The van der Waals surface area contributed by atoms with Crippen molar-refractivity contribution in [2.24, 2.45) is 0 Å². The summed E-state index contributed by atoms with van der Waals surface area (Å²) in [5, 5.41) is 5.12. The quantitative estimate of drug-likeness (QED) is 0.512. The number of benzene rings is 3. The molecule has 23 heavy (non-hydrogen) atoms. The third kappa shape index (κ3) is 2.34. The van der Waals surface area contributed by atoms with Crippen LogP contribution in [0.5, 0.6) is 0 Å². The predicted octanol–water partition coefficient (Wildman–Crippen LogP) is 4.59. The van der Waals surface area contributed by atoms with Gasteiger partial charge in [-0.05, 0) is 23.8 Å². The summed E-state index contributed by atoms with van der Waals surface area (Å²) >= 11 is 1.81. The molecule has 0 aliphatic heterocycles. The van der Waals surface area contributed by atoms with Crippen LogP contribution in [0.25, 0.3) is 30.9 Å². The molecule has 0 N–H and O–H groups in total. The van der Waals surface area contributed by atoms with Crippen LogP contribution in [0.4, 0.5) is 0 Å². The van der Waals surface area contributed by atoms with Crippen LogP contribution in [0.2, 0.25) is 0 Å². The Morgan fingerprint density at radius 3 is 2.52 bits per heavy atom. The molecule has 0 aliphatic rings. The Morgan fingerprint density at radius 1 is 1.00 bits per heavy atom. The molecule has 114 valence electrons. The molecule has 4 heteroatoms. The third-order valence-corrected chi connectivity index (χ3v) is 5.40. The van der Waals surface area contributed by atoms with Gasteiger partial charge in [-0.2, -0.15) is 0 Å². The first-order valence-electron chi connectivity index (χ1n) is 7.80. The molecule has 0 radical (unpaired) electrons. The van der Waals surface area contributed by atoms with Gasteiger partial charge in [0.15, 0.2) is 0 Å². The second-order valence-electron chi connectivity index (χ2n) is 5.51. The molecule has 0 aliphatic carbocycles. The van der Waals surface area contributed by atoms with Gasteiger partial charge in [0.05, 0.1) is 0 Å². The third-order valence-electron chi connectivity index (χ3n) is 4.18. The van der Waals surface area contributed by atoms with Crippen molar-refractivity contribution in [1.29, 1.82) is 0 Å². The molecule has 4 rings (SSSR count). The first-order chi connectivity index (χ1) is 11.3. The summed E-state index contributed by atoms with van der Waals surface area (Å²) in [4.78, 5) is 0. The Labute approximate surface area is 139 Å². The van der Waals surface area contributed by atoms with E-state index in [9.17, 15) is 0 Å². The molecule has 0 unspecified atom stereocenters. The van der Waals surface area contributed by atoms with Gasteiger partial charge in [-0.25, -0.2) is 0 Å². The Morgan fingerprint density at radius 2 is 1.74 bits per heavy atom. The van der Waals surface area contributed by atoms with E-state index < -0.39 is 0 Å². The smallest absolute Gasteiger partial charge is 0.410 e. The maximum Gasteiger partial charge on any atom is 0.495 e. The minimum Gasteiger partial charge on any atom is -0.410 e. The fourth-order valence-corrected chi connectivity index (χ4v) is 4.45. The lowest BCUT2D eigenvalue weighted by atomic mass is 9.77. The molecular formula is C19H17BO2S. The highest BCUT2D eigenvalue weighted by Crippen LogP contribution is 2.37. The van der Waals surface area contributed by atoms with Crippen molar-refractivity contribution in [3.8, 4) is 0 Å². The van der Waals surface area contributed by atoms with E-state index in [0.29, 0.717) is 6.61 Å². The van der Waals surface area contributed by atoms with Crippen LogP contribution in [-0.4, -0.2) is 20.8 Å². The Balaban J connectivity index is 2.16. The Hall–Kier alpha value is -1.88. The molecule has 2 nitrogen and oxygen atoms in total. The van der Waals surface area contributed by atoms with Crippen LogP contribution >= 0.6 is 11.3 Å². The van der Waals surface area contributed by atoms with Gasteiger partial charge in [-0.15, -0.1) is 11.3 Å². The van der Waals surface area contributed by atoms with Crippen LogP contribution in [-0.2, 0) is 9.31 Å². The molecule has 0 amide bonds. The first-order valence-corrected chi connectivity index (χ1v) is 8.62. The van der Waals surface area contributed by atoms with Crippen molar-refractivity contribution in [2.75, 3.05) is 13.7 Å². The zero-order valence-corrected chi connectivity index (χ0v) is 14.0. The average Bonchev–Trinajstić information content (AvgIpc) is 2.99.